The van der Waals surface area contributed by atoms with Crippen LogP contribution in [0.3, 0.4) is 0 Å². The van der Waals surface area contributed by atoms with Crippen LogP contribution in [0.4, 0.5) is 14.5 Å². The molecule has 0 amide bonds. The van der Waals surface area contributed by atoms with Crippen LogP contribution in [-0.2, 0) is 11.9 Å². The molecule has 0 radical (unpaired) electrons. The van der Waals surface area contributed by atoms with Crippen LogP contribution in [0.2, 0.25) is 0 Å². The summed E-state index contributed by atoms with van der Waals surface area (Å²) in [7, 11) is 0. The maximum absolute atomic E-state index is 13.7. The van der Waals surface area contributed by atoms with Crippen LogP contribution < -0.4 is 4.74 Å². The Kier molecular flexibility index (Phi) is 4.85. The standard InChI is InChI=1S/C14H10BrF2NO3/c15-7-9-5-11(16)14(12(17)6-9)21-8-10-3-1-2-4-13(10)18(19)20/h1-6H,7-8H2. The molecule has 0 N–H and O–H groups in total. The van der Waals surface area contributed by atoms with Gasteiger partial charge in [-0.2, -0.15) is 0 Å². The molecule has 21 heavy (non-hydrogen) atoms. The number of alkyl halides is 1. The summed E-state index contributed by atoms with van der Waals surface area (Å²) in [6, 6.07) is 8.17. The van der Waals surface area contributed by atoms with Crippen molar-refractivity contribution in [2.75, 3.05) is 0 Å². The third-order valence-electron chi connectivity index (χ3n) is 2.77. The van der Waals surface area contributed by atoms with E-state index in [0.717, 1.165) is 12.1 Å². The van der Waals surface area contributed by atoms with Gasteiger partial charge in [0.25, 0.3) is 5.69 Å². The summed E-state index contributed by atoms with van der Waals surface area (Å²) >= 11 is 3.10. The Hall–Kier alpha value is -2.02. The number of rotatable bonds is 5. The number of nitrogens with zero attached hydrogens (tertiary/aromatic N) is 1. The van der Waals surface area contributed by atoms with E-state index in [1.807, 2.05) is 0 Å². The van der Waals surface area contributed by atoms with Crippen molar-refractivity contribution in [2.45, 2.75) is 11.9 Å². The molecule has 0 bridgehead atoms. The molecule has 2 rings (SSSR count). The minimum atomic E-state index is -0.844. The number of para-hydroxylation sites is 1. The van der Waals surface area contributed by atoms with E-state index in [2.05, 4.69) is 15.9 Å². The highest BCUT2D eigenvalue weighted by Gasteiger charge is 2.16. The number of halogens is 3. The van der Waals surface area contributed by atoms with Gasteiger partial charge >= 0.3 is 0 Å². The lowest BCUT2D eigenvalue weighted by atomic mass is 10.2. The van der Waals surface area contributed by atoms with Crippen LogP contribution in [0.25, 0.3) is 0 Å². The third kappa shape index (κ3) is 3.55. The average molecular weight is 358 g/mol. The van der Waals surface area contributed by atoms with Gasteiger partial charge in [0.05, 0.1) is 10.5 Å². The van der Waals surface area contributed by atoms with Crippen molar-refractivity contribution in [1.82, 2.24) is 0 Å². The number of benzene rings is 2. The maximum atomic E-state index is 13.7. The second-order valence-electron chi connectivity index (χ2n) is 4.20. The van der Waals surface area contributed by atoms with Gasteiger partial charge in [0, 0.05) is 11.4 Å². The van der Waals surface area contributed by atoms with E-state index in [9.17, 15) is 18.9 Å². The van der Waals surface area contributed by atoms with Crippen LogP contribution in [0.5, 0.6) is 5.75 Å². The van der Waals surface area contributed by atoms with Crippen molar-refractivity contribution in [3.8, 4) is 5.75 Å². The van der Waals surface area contributed by atoms with Gasteiger partial charge in [-0.05, 0) is 23.8 Å². The predicted molar refractivity (Wildman–Crippen MR) is 76.4 cm³/mol. The molecule has 0 atom stereocenters. The number of nitro benzene ring substituents is 1. The molecule has 0 saturated heterocycles. The van der Waals surface area contributed by atoms with Crippen LogP contribution in [0.15, 0.2) is 36.4 Å². The van der Waals surface area contributed by atoms with Crippen molar-refractivity contribution in [3.05, 3.63) is 69.3 Å². The van der Waals surface area contributed by atoms with Gasteiger partial charge in [-0.25, -0.2) is 8.78 Å². The smallest absolute Gasteiger partial charge is 0.276 e. The van der Waals surface area contributed by atoms with E-state index in [4.69, 9.17) is 4.74 Å². The zero-order valence-corrected chi connectivity index (χ0v) is 12.3. The number of ether oxygens (including phenoxy) is 1. The molecule has 0 aromatic heterocycles. The van der Waals surface area contributed by atoms with E-state index in [-0.39, 0.29) is 17.9 Å². The molecule has 2 aromatic carbocycles. The molecule has 7 heteroatoms. The van der Waals surface area contributed by atoms with Crippen molar-refractivity contribution < 1.29 is 18.4 Å². The van der Waals surface area contributed by atoms with Crippen LogP contribution >= 0.6 is 15.9 Å². The summed E-state index contributed by atoms with van der Waals surface area (Å²) in [5, 5.41) is 11.2. The summed E-state index contributed by atoms with van der Waals surface area (Å²) in [5.41, 5.74) is 0.518. The van der Waals surface area contributed by atoms with Gasteiger partial charge in [0.15, 0.2) is 17.4 Å². The molecule has 0 aliphatic rings. The zero-order valence-electron chi connectivity index (χ0n) is 10.7. The van der Waals surface area contributed by atoms with Crippen molar-refractivity contribution in [1.29, 1.82) is 0 Å². The largest absolute Gasteiger partial charge is 0.483 e. The highest BCUT2D eigenvalue weighted by molar-refractivity contribution is 9.08. The first-order valence-electron chi connectivity index (χ1n) is 5.92. The molecule has 2 aromatic rings. The number of nitro groups is 1. The number of hydrogen-bond acceptors (Lipinski definition) is 3. The summed E-state index contributed by atoms with van der Waals surface area (Å²) in [6.07, 6.45) is 0. The molecule has 110 valence electrons. The topological polar surface area (TPSA) is 52.4 Å². The Balaban J connectivity index is 2.23. The third-order valence-corrected chi connectivity index (χ3v) is 3.42. The first-order chi connectivity index (χ1) is 10.0. The lowest BCUT2D eigenvalue weighted by Gasteiger charge is -2.09. The predicted octanol–water partition coefficient (Wildman–Crippen LogP) is 4.35. The van der Waals surface area contributed by atoms with E-state index in [0.29, 0.717) is 10.9 Å². The van der Waals surface area contributed by atoms with Crippen molar-refractivity contribution >= 4 is 21.6 Å². The fourth-order valence-corrected chi connectivity index (χ4v) is 2.11. The Morgan fingerprint density at radius 3 is 2.38 bits per heavy atom. The van der Waals surface area contributed by atoms with Gasteiger partial charge in [0.2, 0.25) is 0 Å². The van der Waals surface area contributed by atoms with E-state index < -0.39 is 22.3 Å². The van der Waals surface area contributed by atoms with Crippen molar-refractivity contribution in [2.24, 2.45) is 0 Å². The minimum absolute atomic E-state index is 0.157. The van der Waals surface area contributed by atoms with Gasteiger partial charge in [-0.1, -0.05) is 28.1 Å². The lowest BCUT2D eigenvalue weighted by molar-refractivity contribution is -0.385. The average Bonchev–Trinajstić information content (AvgIpc) is 2.46. The zero-order chi connectivity index (χ0) is 15.4. The van der Waals surface area contributed by atoms with E-state index in [1.165, 1.54) is 18.2 Å². The van der Waals surface area contributed by atoms with Gasteiger partial charge in [0.1, 0.15) is 6.61 Å². The van der Waals surface area contributed by atoms with Crippen molar-refractivity contribution in [3.63, 3.8) is 0 Å². The van der Waals surface area contributed by atoms with Gasteiger partial charge < -0.3 is 4.74 Å². The lowest BCUT2D eigenvalue weighted by Crippen LogP contribution is -2.03. The summed E-state index contributed by atoms with van der Waals surface area (Å²) in [4.78, 5) is 10.3. The Morgan fingerprint density at radius 2 is 1.81 bits per heavy atom. The molecule has 0 saturated carbocycles. The second-order valence-corrected chi connectivity index (χ2v) is 4.76. The highest BCUT2D eigenvalue weighted by atomic mass is 79.9. The summed E-state index contributed by atoms with van der Waals surface area (Å²) < 4.78 is 32.6. The SMILES string of the molecule is O=[N+]([O-])c1ccccc1COc1c(F)cc(CBr)cc1F. The monoisotopic (exact) mass is 357 g/mol. The maximum Gasteiger partial charge on any atom is 0.276 e. The molecule has 0 heterocycles. The summed E-state index contributed by atoms with van der Waals surface area (Å²) in [6.45, 7) is -0.293. The van der Waals surface area contributed by atoms with Crippen LogP contribution in [0, 0.1) is 21.7 Å². The first-order valence-corrected chi connectivity index (χ1v) is 7.04. The van der Waals surface area contributed by atoms with E-state index in [1.54, 1.807) is 6.07 Å². The minimum Gasteiger partial charge on any atom is -0.483 e. The van der Waals surface area contributed by atoms with E-state index >= 15 is 0 Å². The molecule has 4 nitrogen and oxygen atoms in total. The van der Waals surface area contributed by atoms with Crippen LogP contribution in [-0.4, -0.2) is 4.92 Å². The second kappa shape index (κ2) is 6.62. The molecule has 0 aliphatic carbocycles. The Bertz CT molecular complexity index is 656. The summed E-state index contributed by atoms with van der Waals surface area (Å²) in [5.74, 6) is -2.23. The van der Waals surface area contributed by atoms with Gasteiger partial charge in [-0.15, -0.1) is 0 Å². The number of hydrogen-bond donors (Lipinski definition) is 0. The molecular formula is C14H10BrF2NO3. The van der Waals surface area contributed by atoms with Crippen LogP contribution in [0.1, 0.15) is 11.1 Å². The molecule has 0 fully saturated rings. The van der Waals surface area contributed by atoms with Gasteiger partial charge in [-0.3, -0.25) is 10.1 Å². The Morgan fingerprint density at radius 1 is 1.19 bits per heavy atom. The fourth-order valence-electron chi connectivity index (χ4n) is 1.79. The first kappa shape index (κ1) is 15.4. The normalized spacial score (nSPS) is 10.4. The molecular weight excluding hydrogens is 348 g/mol. The molecule has 0 unspecified atom stereocenters. The molecule has 0 spiro atoms. The highest BCUT2D eigenvalue weighted by Crippen LogP contribution is 2.26. The quantitative estimate of drug-likeness (QED) is 0.454. The Labute approximate surface area is 127 Å². The molecule has 0 aliphatic heterocycles. The fraction of sp³-hybridized carbons (Fsp3) is 0.143.